The van der Waals surface area contributed by atoms with Gasteiger partial charge in [0.15, 0.2) is 0 Å². The summed E-state index contributed by atoms with van der Waals surface area (Å²) in [4.78, 5) is 27.9. The van der Waals surface area contributed by atoms with Gasteiger partial charge in [-0.15, -0.1) is 0 Å². The molecule has 0 saturated carbocycles. The third-order valence-corrected chi connectivity index (χ3v) is 5.95. The number of nitrogens with zero attached hydrogens (tertiary/aromatic N) is 1. The van der Waals surface area contributed by atoms with Crippen LogP contribution < -0.4 is 5.32 Å². The Balaban J connectivity index is 1.78. The number of hydrogen-bond donors (Lipinski definition) is 1. The van der Waals surface area contributed by atoms with Crippen LogP contribution in [0.4, 0.5) is 0 Å². The summed E-state index contributed by atoms with van der Waals surface area (Å²) in [5.41, 5.74) is 3.62. The molecule has 2 unspecified atom stereocenters. The van der Waals surface area contributed by atoms with E-state index in [1.807, 2.05) is 23.3 Å². The second-order valence-corrected chi connectivity index (χ2v) is 7.52. The van der Waals surface area contributed by atoms with Gasteiger partial charge < -0.3 is 15.0 Å². The maximum Gasteiger partial charge on any atom is 0.252 e. The number of ether oxygens (including phenoxy) is 1. The molecule has 0 aromatic carbocycles. The minimum absolute atomic E-state index is 0.0296. The van der Waals surface area contributed by atoms with Gasteiger partial charge >= 0.3 is 0 Å². The molecule has 25 heavy (non-hydrogen) atoms. The van der Waals surface area contributed by atoms with Crippen molar-refractivity contribution in [2.24, 2.45) is 5.92 Å². The van der Waals surface area contributed by atoms with E-state index in [2.05, 4.69) is 16.8 Å². The second kappa shape index (κ2) is 6.77. The van der Waals surface area contributed by atoms with Crippen LogP contribution in [0.3, 0.4) is 0 Å². The Hall–Kier alpha value is -1.92. The van der Waals surface area contributed by atoms with Gasteiger partial charge in [-0.25, -0.2) is 0 Å². The third kappa shape index (κ3) is 2.93. The van der Waals surface area contributed by atoms with E-state index in [0.29, 0.717) is 32.7 Å². The number of morpholine rings is 1. The Bertz CT molecular complexity index is 745. The minimum atomic E-state index is -0.271. The molecular weight excluding hydrogens is 336 g/mol. The maximum absolute atomic E-state index is 13.3. The molecule has 2 aliphatic heterocycles. The Labute approximate surface area is 151 Å². The molecule has 4 rings (SSSR count). The van der Waals surface area contributed by atoms with E-state index in [-0.39, 0.29) is 23.5 Å². The molecule has 0 bridgehead atoms. The topological polar surface area (TPSA) is 58.6 Å². The first-order valence-electron chi connectivity index (χ1n) is 8.76. The third-order valence-electron chi connectivity index (χ3n) is 5.25. The van der Waals surface area contributed by atoms with Gasteiger partial charge in [0.1, 0.15) is 5.78 Å². The second-order valence-electron chi connectivity index (χ2n) is 6.74. The van der Waals surface area contributed by atoms with Crippen LogP contribution in [0.25, 0.3) is 0 Å². The molecule has 3 aliphatic rings. The summed E-state index contributed by atoms with van der Waals surface area (Å²) in [5.74, 6) is -0.211. The number of ketones is 1. The first-order valence-corrected chi connectivity index (χ1v) is 9.71. The normalized spacial score (nSPS) is 26.8. The summed E-state index contributed by atoms with van der Waals surface area (Å²) in [6.07, 6.45) is 3.44. The van der Waals surface area contributed by atoms with Crippen LogP contribution in [0, 0.1) is 5.92 Å². The molecule has 0 spiro atoms. The molecule has 5 nitrogen and oxygen atoms in total. The number of Topliss-reactive ketones (excluding diaryl/α,β-unsaturated/α-hetero) is 1. The van der Waals surface area contributed by atoms with Crippen LogP contribution in [-0.4, -0.2) is 42.9 Å². The van der Waals surface area contributed by atoms with Crippen LogP contribution in [-0.2, 0) is 14.3 Å². The largest absolute Gasteiger partial charge is 0.378 e. The molecule has 132 valence electrons. The molecule has 1 aliphatic carbocycles. The highest BCUT2D eigenvalue weighted by Gasteiger charge is 2.43. The fourth-order valence-electron chi connectivity index (χ4n) is 4.05. The molecule has 1 saturated heterocycles. The number of rotatable bonds is 2. The number of hydrogen-bond acceptors (Lipinski definition) is 5. The summed E-state index contributed by atoms with van der Waals surface area (Å²) in [6.45, 7) is 4.30. The number of carbonyl (C=O) groups is 2. The number of amides is 1. The Morgan fingerprint density at radius 1 is 1.32 bits per heavy atom. The summed E-state index contributed by atoms with van der Waals surface area (Å²) >= 11 is 1.61. The molecule has 6 heteroatoms. The minimum Gasteiger partial charge on any atom is -0.378 e. The highest BCUT2D eigenvalue weighted by atomic mass is 32.1. The highest BCUT2D eigenvalue weighted by molar-refractivity contribution is 7.08. The van der Waals surface area contributed by atoms with Crippen molar-refractivity contribution in [3.8, 4) is 0 Å². The predicted octanol–water partition coefficient (Wildman–Crippen LogP) is 2.43. The number of nitrogens with one attached hydrogen (secondary N) is 1. The zero-order valence-corrected chi connectivity index (χ0v) is 15.1. The number of fused-ring (bicyclic) bond motifs is 1. The van der Waals surface area contributed by atoms with Crippen molar-refractivity contribution in [2.45, 2.75) is 25.7 Å². The van der Waals surface area contributed by atoms with Gasteiger partial charge in [0.25, 0.3) is 5.91 Å². The summed E-state index contributed by atoms with van der Waals surface area (Å²) in [7, 11) is 0. The molecule has 1 aromatic rings. The van der Waals surface area contributed by atoms with Gasteiger partial charge in [-0.3, -0.25) is 9.59 Å². The Morgan fingerprint density at radius 3 is 2.84 bits per heavy atom. The molecule has 1 fully saturated rings. The van der Waals surface area contributed by atoms with E-state index in [1.54, 1.807) is 11.3 Å². The van der Waals surface area contributed by atoms with Gasteiger partial charge in [0.05, 0.1) is 19.1 Å². The van der Waals surface area contributed by atoms with E-state index in [9.17, 15) is 9.59 Å². The van der Waals surface area contributed by atoms with Crippen molar-refractivity contribution in [3.05, 3.63) is 45.4 Å². The van der Waals surface area contributed by atoms with Crippen molar-refractivity contribution in [1.82, 2.24) is 10.2 Å². The Morgan fingerprint density at radius 2 is 2.12 bits per heavy atom. The molecule has 1 aromatic heterocycles. The molecule has 1 N–H and O–H groups in total. The van der Waals surface area contributed by atoms with Crippen molar-refractivity contribution in [2.75, 3.05) is 26.3 Å². The highest BCUT2D eigenvalue weighted by Crippen LogP contribution is 2.44. The first kappa shape index (κ1) is 16.5. The predicted molar refractivity (Wildman–Crippen MR) is 96.1 cm³/mol. The lowest BCUT2D eigenvalue weighted by Crippen LogP contribution is -2.47. The number of allylic oxidation sites excluding steroid dienone is 3. The van der Waals surface area contributed by atoms with E-state index < -0.39 is 0 Å². The average Bonchev–Trinajstić information content (AvgIpc) is 3.15. The van der Waals surface area contributed by atoms with Gasteiger partial charge in [0.2, 0.25) is 0 Å². The van der Waals surface area contributed by atoms with Crippen LogP contribution in [0.15, 0.2) is 39.9 Å². The van der Waals surface area contributed by atoms with Crippen LogP contribution in [0.5, 0.6) is 0 Å². The van der Waals surface area contributed by atoms with Gasteiger partial charge in [-0.2, -0.15) is 11.3 Å². The summed E-state index contributed by atoms with van der Waals surface area (Å²) < 4.78 is 5.38. The molecular formula is C19H22N2O3S. The number of thiophene rings is 1. The van der Waals surface area contributed by atoms with Crippen LogP contribution >= 0.6 is 11.3 Å². The molecule has 0 radical (unpaired) electrons. The molecule has 3 heterocycles. The maximum atomic E-state index is 13.3. The smallest absolute Gasteiger partial charge is 0.252 e. The van der Waals surface area contributed by atoms with Crippen LogP contribution in [0.1, 0.15) is 31.2 Å². The van der Waals surface area contributed by atoms with Crippen molar-refractivity contribution >= 4 is 23.0 Å². The summed E-state index contributed by atoms with van der Waals surface area (Å²) in [6, 6.07) is 2.04. The molecule has 2 atom stereocenters. The zero-order chi connectivity index (χ0) is 17.4. The average molecular weight is 358 g/mol. The lowest BCUT2D eigenvalue weighted by molar-refractivity contribution is -0.132. The standard InChI is InChI=1S/C19H22N2O3S/c1-12-16(19(23)21-6-8-24-9-7-21)17(13-5-10-25-11-13)18-14(20-12)3-2-4-15(18)22/h3,5,10-11,17-18,20H,2,4,6-9H2,1H3. The van der Waals surface area contributed by atoms with Crippen molar-refractivity contribution in [3.63, 3.8) is 0 Å². The Kier molecular flexibility index (Phi) is 4.48. The number of carbonyl (C=O) groups excluding carboxylic acids is 2. The fraction of sp³-hybridized carbons (Fsp3) is 0.474. The van der Waals surface area contributed by atoms with Gasteiger partial charge in [-0.1, -0.05) is 6.08 Å². The monoisotopic (exact) mass is 358 g/mol. The summed E-state index contributed by atoms with van der Waals surface area (Å²) in [5, 5.41) is 7.43. The van der Waals surface area contributed by atoms with Crippen molar-refractivity contribution < 1.29 is 14.3 Å². The van der Waals surface area contributed by atoms with E-state index in [4.69, 9.17) is 4.74 Å². The van der Waals surface area contributed by atoms with Crippen molar-refractivity contribution in [1.29, 1.82) is 0 Å². The van der Waals surface area contributed by atoms with E-state index in [1.165, 1.54) is 0 Å². The zero-order valence-electron chi connectivity index (χ0n) is 14.3. The van der Waals surface area contributed by atoms with E-state index in [0.717, 1.165) is 29.0 Å². The van der Waals surface area contributed by atoms with E-state index >= 15 is 0 Å². The lowest BCUT2D eigenvalue weighted by Gasteiger charge is -2.39. The van der Waals surface area contributed by atoms with Gasteiger partial charge in [-0.05, 0) is 35.7 Å². The molecule has 1 amide bonds. The quantitative estimate of drug-likeness (QED) is 0.882. The van der Waals surface area contributed by atoms with Crippen LogP contribution in [0.2, 0.25) is 0 Å². The first-order chi connectivity index (χ1) is 12.2. The van der Waals surface area contributed by atoms with Gasteiger partial charge in [0, 0.05) is 42.4 Å². The SMILES string of the molecule is CC1=C(C(=O)N2CCOCC2)C(c2ccsc2)C2C(=O)CCC=C2N1. The lowest BCUT2D eigenvalue weighted by atomic mass is 9.71. The fourth-order valence-corrected chi connectivity index (χ4v) is 4.74.